The summed E-state index contributed by atoms with van der Waals surface area (Å²) in [6.45, 7) is 8.26. The van der Waals surface area contributed by atoms with E-state index in [9.17, 15) is 0 Å². The molecule has 0 heterocycles. The summed E-state index contributed by atoms with van der Waals surface area (Å²) in [7, 11) is 0. The van der Waals surface area contributed by atoms with Crippen LogP contribution in [-0.4, -0.2) is 0 Å². The molecule has 2 aromatic rings. The molecule has 2 aromatic carbocycles. The van der Waals surface area contributed by atoms with Gasteiger partial charge in [-0.2, -0.15) is 0 Å². The predicted molar refractivity (Wildman–Crippen MR) is 103 cm³/mol. The number of allylic oxidation sites excluding steroid dienone is 1. The van der Waals surface area contributed by atoms with Gasteiger partial charge in [0.25, 0.3) is 0 Å². The van der Waals surface area contributed by atoms with Gasteiger partial charge in [-0.1, -0.05) is 81.2 Å². The van der Waals surface area contributed by atoms with Crippen LogP contribution in [0.15, 0.2) is 49.0 Å². The smallest absolute Gasteiger partial charge is 0.0352 e. The Hall–Kier alpha value is -2.02. The predicted octanol–water partition coefficient (Wildman–Crippen LogP) is 6.48. The number of benzene rings is 2. The Morgan fingerprint density at radius 3 is 2.17 bits per heavy atom. The highest BCUT2D eigenvalue weighted by molar-refractivity contribution is 5.71. The Labute approximate surface area is 141 Å². The van der Waals surface area contributed by atoms with Gasteiger partial charge in [-0.05, 0) is 48.1 Å². The van der Waals surface area contributed by atoms with Crippen LogP contribution in [0, 0.1) is 0 Å². The van der Waals surface area contributed by atoms with Gasteiger partial charge in [0.1, 0.15) is 0 Å². The number of unbranched alkanes of at least 4 members (excludes halogenated alkanes) is 4. The van der Waals surface area contributed by atoms with E-state index in [1.165, 1.54) is 54.4 Å². The Kier molecular flexibility index (Phi) is 6.46. The highest BCUT2D eigenvalue weighted by Crippen LogP contribution is 2.26. The minimum atomic E-state index is 0.918. The van der Waals surface area contributed by atoms with Gasteiger partial charge in [0.05, 0.1) is 0 Å². The summed E-state index contributed by atoms with van der Waals surface area (Å²) in [5.74, 6) is 0. The van der Waals surface area contributed by atoms with Gasteiger partial charge in [-0.3, -0.25) is 0 Å². The highest BCUT2D eigenvalue weighted by Gasteiger charge is 2.04. The van der Waals surface area contributed by atoms with Gasteiger partial charge in [0.2, 0.25) is 0 Å². The maximum Gasteiger partial charge on any atom is 0.0352 e. The summed E-state index contributed by atoms with van der Waals surface area (Å²) >= 11 is 0. The van der Waals surface area contributed by atoms with Crippen LogP contribution in [0.25, 0.3) is 16.7 Å². The van der Waals surface area contributed by atoms with Crippen LogP contribution >= 0.6 is 0 Å². The number of hydrogen-bond donors (Lipinski definition) is 1. The lowest BCUT2D eigenvalue weighted by Crippen LogP contribution is -1.95. The van der Waals surface area contributed by atoms with Crippen molar-refractivity contribution in [1.82, 2.24) is 0 Å². The fourth-order valence-electron chi connectivity index (χ4n) is 2.87. The molecule has 0 aliphatic heterocycles. The van der Waals surface area contributed by atoms with Crippen LogP contribution in [0.1, 0.15) is 57.1 Å². The molecule has 1 heteroatoms. The first-order chi connectivity index (χ1) is 11.1. The molecule has 0 fully saturated rings. The third kappa shape index (κ3) is 4.99. The molecule has 0 aliphatic rings. The number of hydrogen-bond acceptors (Lipinski definition) is 1. The Balaban J connectivity index is 2.02. The Bertz CT molecular complexity index is 638. The molecule has 0 bridgehead atoms. The van der Waals surface area contributed by atoms with Crippen LogP contribution in [0.3, 0.4) is 0 Å². The second-order valence-electron chi connectivity index (χ2n) is 6.44. The lowest BCUT2D eigenvalue weighted by Gasteiger charge is -2.09. The van der Waals surface area contributed by atoms with Crippen molar-refractivity contribution >= 4 is 11.3 Å². The normalized spacial score (nSPS) is 10.7. The molecule has 0 aliphatic carbocycles. The molecule has 23 heavy (non-hydrogen) atoms. The third-order valence-electron chi connectivity index (χ3n) is 4.41. The maximum absolute atomic E-state index is 6.26. The molecular weight excluding hydrogens is 278 g/mol. The van der Waals surface area contributed by atoms with Crippen LogP contribution in [-0.2, 0) is 6.42 Å². The second kappa shape index (κ2) is 8.57. The number of anilines is 1. The first-order valence-corrected chi connectivity index (χ1v) is 8.76. The second-order valence-corrected chi connectivity index (χ2v) is 6.44. The number of rotatable bonds is 8. The van der Waals surface area contributed by atoms with E-state index in [1.807, 2.05) is 6.92 Å². The van der Waals surface area contributed by atoms with Crippen molar-refractivity contribution in [2.45, 2.75) is 52.4 Å². The molecule has 122 valence electrons. The van der Waals surface area contributed by atoms with Crippen LogP contribution in [0.2, 0.25) is 0 Å². The van der Waals surface area contributed by atoms with E-state index in [2.05, 4.69) is 56.0 Å². The van der Waals surface area contributed by atoms with E-state index in [1.54, 1.807) is 0 Å². The summed E-state index contributed by atoms with van der Waals surface area (Å²) in [6, 6.07) is 15.0. The van der Waals surface area contributed by atoms with Crippen molar-refractivity contribution in [3.63, 3.8) is 0 Å². The van der Waals surface area contributed by atoms with E-state index in [0.717, 1.165) is 17.7 Å². The zero-order valence-electron chi connectivity index (χ0n) is 14.6. The fraction of sp³-hybridized carbons (Fsp3) is 0.364. The van der Waals surface area contributed by atoms with E-state index in [4.69, 9.17) is 5.73 Å². The van der Waals surface area contributed by atoms with Gasteiger partial charge in [0, 0.05) is 5.69 Å². The standard InChI is InChI=1S/C22H29N/c1-4-5-6-7-8-9-20-14-15-21(16-22(20)23)19-12-10-18(11-13-19)17(2)3/h10-16H,2,4-9,23H2,1,3H3. The topological polar surface area (TPSA) is 26.0 Å². The average Bonchev–Trinajstić information content (AvgIpc) is 2.56. The molecule has 0 unspecified atom stereocenters. The van der Waals surface area contributed by atoms with Crippen molar-refractivity contribution < 1.29 is 0 Å². The van der Waals surface area contributed by atoms with Crippen LogP contribution in [0.4, 0.5) is 5.69 Å². The quantitative estimate of drug-likeness (QED) is 0.438. The Morgan fingerprint density at radius 2 is 1.57 bits per heavy atom. The first-order valence-electron chi connectivity index (χ1n) is 8.76. The van der Waals surface area contributed by atoms with Gasteiger partial charge >= 0.3 is 0 Å². The van der Waals surface area contributed by atoms with Gasteiger partial charge < -0.3 is 5.73 Å². The lowest BCUT2D eigenvalue weighted by molar-refractivity contribution is 0.632. The SMILES string of the molecule is C=C(C)c1ccc(-c2ccc(CCCCCCC)c(N)c2)cc1. The molecule has 0 radical (unpaired) electrons. The zero-order valence-corrected chi connectivity index (χ0v) is 14.6. The molecule has 0 amide bonds. The molecule has 0 saturated heterocycles. The van der Waals surface area contributed by atoms with Crippen molar-refractivity contribution in [2.75, 3.05) is 5.73 Å². The summed E-state index contributed by atoms with van der Waals surface area (Å²) < 4.78 is 0. The van der Waals surface area contributed by atoms with E-state index in [-0.39, 0.29) is 0 Å². The van der Waals surface area contributed by atoms with Gasteiger partial charge in [-0.15, -0.1) is 0 Å². The molecule has 1 nitrogen and oxygen atoms in total. The number of nitrogen functional groups attached to an aromatic ring is 1. The average molecular weight is 307 g/mol. The van der Waals surface area contributed by atoms with Crippen LogP contribution in [0.5, 0.6) is 0 Å². The molecule has 0 aromatic heterocycles. The van der Waals surface area contributed by atoms with Crippen molar-refractivity contribution in [1.29, 1.82) is 0 Å². The molecule has 0 atom stereocenters. The minimum absolute atomic E-state index is 0.918. The largest absolute Gasteiger partial charge is 0.398 e. The Morgan fingerprint density at radius 1 is 0.913 bits per heavy atom. The van der Waals surface area contributed by atoms with Crippen molar-refractivity contribution in [3.05, 3.63) is 60.2 Å². The number of nitrogens with two attached hydrogens (primary N) is 1. The monoisotopic (exact) mass is 307 g/mol. The van der Waals surface area contributed by atoms with Crippen LogP contribution < -0.4 is 5.73 Å². The number of aryl methyl sites for hydroxylation is 1. The third-order valence-corrected chi connectivity index (χ3v) is 4.41. The van der Waals surface area contributed by atoms with Gasteiger partial charge in [-0.25, -0.2) is 0 Å². The summed E-state index contributed by atoms with van der Waals surface area (Å²) in [6.07, 6.45) is 7.60. The summed E-state index contributed by atoms with van der Waals surface area (Å²) in [5, 5.41) is 0. The molecule has 2 N–H and O–H groups in total. The fourth-order valence-corrected chi connectivity index (χ4v) is 2.87. The molecule has 2 rings (SSSR count). The maximum atomic E-state index is 6.26. The van der Waals surface area contributed by atoms with Crippen molar-refractivity contribution in [2.24, 2.45) is 0 Å². The summed E-state index contributed by atoms with van der Waals surface area (Å²) in [4.78, 5) is 0. The van der Waals surface area contributed by atoms with Gasteiger partial charge in [0.15, 0.2) is 0 Å². The van der Waals surface area contributed by atoms with E-state index < -0.39 is 0 Å². The van der Waals surface area contributed by atoms with E-state index >= 15 is 0 Å². The first kappa shape index (κ1) is 17.3. The van der Waals surface area contributed by atoms with Crippen molar-refractivity contribution in [3.8, 4) is 11.1 Å². The minimum Gasteiger partial charge on any atom is -0.398 e. The highest BCUT2D eigenvalue weighted by atomic mass is 14.6. The zero-order chi connectivity index (χ0) is 16.7. The lowest BCUT2D eigenvalue weighted by atomic mass is 9.98. The molecular formula is C22H29N. The van der Waals surface area contributed by atoms with E-state index in [0.29, 0.717) is 0 Å². The molecule has 0 spiro atoms. The molecule has 0 saturated carbocycles. The summed E-state index contributed by atoms with van der Waals surface area (Å²) in [5.41, 5.74) is 13.1.